The van der Waals surface area contributed by atoms with E-state index in [0.717, 1.165) is 12.1 Å². The third-order valence-electron chi connectivity index (χ3n) is 3.63. The first-order chi connectivity index (χ1) is 13.2. The van der Waals surface area contributed by atoms with Gasteiger partial charge >= 0.3 is 17.9 Å². The summed E-state index contributed by atoms with van der Waals surface area (Å²) in [6, 6.07) is 0.767. The summed E-state index contributed by atoms with van der Waals surface area (Å²) in [5, 5.41) is 11.5. The predicted octanol–water partition coefficient (Wildman–Crippen LogP) is 1.21. The normalized spacial score (nSPS) is 12.6. The number of amides is 1. The summed E-state index contributed by atoms with van der Waals surface area (Å²) in [4.78, 5) is 47.6. The summed E-state index contributed by atoms with van der Waals surface area (Å²) >= 11 is 0. The summed E-state index contributed by atoms with van der Waals surface area (Å²) < 4.78 is 36.1. The Morgan fingerprint density at radius 1 is 1.11 bits per heavy atom. The van der Waals surface area contributed by atoms with E-state index < -0.39 is 60.3 Å². The van der Waals surface area contributed by atoms with Crippen molar-refractivity contribution in [3.63, 3.8) is 0 Å². The monoisotopic (exact) mass is 401 g/mol. The summed E-state index contributed by atoms with van der Waals surface area (Å²) in [5.74, 6) is -7.72. The van der Waals surface area contributed by atoms with Crippen LogP contribution < -0.4 is 5.32 Å². The van der Waals surface area contributed by atoms with E-state index >= 15 is 0 Å². The molecule has 2 N–H and O–H groups in total. The minimum absolute atomic E-state index is 0.0162. The Labute approximate surface area is 159 Å². The molecule has 154 valence electrons. The molecule has 2 atom stereocenters. The fourth-order valence-corrected chi connectivity index (χ4v) is 2.38. The zero-order valence-corrected chi connectivity index (χ0v) is 15.4. The Morgan fingerprint density at radius 2 is 1.75 bits per heavy atom. The largest absolute Gasteiger partial charge is 0.480 e. The summed E-state index contributed by atoms with van der Waals surface area (Å²) in [6.45, 7) is 2.97. The van der Waals surface area contributed by atoms with Crippen LogP contribution in [0, 0.1) is 17.6 Å². The highest BCUT2D eigenvalue weighted by Gasteiger charge is 2.38. The Bertz CT molecular complexity index is 739. The minimum Gasteiger partial charge on any atom is -0.480 e. The topological polar surface area (TPSA) is 119 Å². The van der Waals surface area contributed by atoms with Crippen LogP contribution in [-0.2, 0) is 35.1 Å². The maximum atomic E-state index is 13.7. The number of benzene rings is 1. The van der Waals surface area contributed by atoms with E-state index in [1.807, 2.05) is 0 Å². The van der Waals surface area contributed by atoms with E-state index in [4.69, 9.17) is 9.47 Å². The molecule has 1 aromatic rings. The third kappa shape index (κ3) is 6.93. The summed E-state index contributed by atoms with van der Waals surface area (Å²) in [7, 11) is 0. The number of carboxylic acids is 1. The fourth-order valence-electron chi connectivity index (χ4n) is 2.38. The average Bonchev–Trinajstić information content (AvgIpc) is 2.60. The van der Waals surface area contributed by atoms with Gasteiger partial charge in [0.15, 0.2) is 0 Å². The van der Waals surface area contributed by atoms with Gasteiger partial charge in [-0.3, -0.25) is 14.4 Å². The molecule has 0 fully saturated rings. The molecule has 28 heavy (non-hydrogen) atoms. The van der Waals surface area contributed by atoms with E-state index in [0.29, 0.717) is 6.07 Å². The van der Waals surface area contributed by atoms with Crippen LogP contribution in [0.25, 0.3) is 0 Å². The molecule has 1 rings (SSSR count). The molecular formula is C18H21F2NO7. The predicted molar refractivity (Wildman–Crippen MR) is 91.0 cm³/mol. The molecule has 10 heteroatoms. The van der Waals surface area contributed by atoms with Crippen molar-refractivity contribution in [3.8, 4) is 0 Å². The van der Waals surface area contributed by atoms with Crippen molar-refractivity contribution in [2.75, 3.05) is 13.2 Å². The molecule has 0 saturated carbocycles. The van der Waals surface area contributed by atoms with E-state index in [1.54, 1.807) is 0 Å². The van der Waals surface area contributed by atoms with Gasteiger partial charge in [-0.05, 0) is 25.5 Å². The van der Waals surface area contributed by atoms with E-state index in [2.05, 4.69) is 5.32 Å². The molecule has 0 aromatic heterocycles. The van der Waals surface area contributed by atoms with Gasteiger partial charge in [0.2, 0.25) is 5.91 Å². The van der Waals surface area contributed by atoms with Crippen LogP contribution in [-0.4, -0.2) is 48.2 Å². The molecule has 8 nitrogen and oxygen atoms in total. The van der Waals surface area contributed by atoms with Crippen molar-refractivity contribution >= 4 is 23.8 Å². The first-order valence-electron chi connectivity index (χ1n) is 8.47. The molecule has 0 radical (unpaired) electrons. The van der Waals surface area contributed by atoms with Crippen LogP contribution in [0.3, 0.4) is 0 Å². The maximum absolute atomic E-state index is 13.7. The number of hydrogen-bond donors (Lipinski definition) is 2. The second kappa shape index (κ2) is 11.0. The van der Waals surface area contributed by atoms with Crippen molar-refractivity contribution in [2.24, 2.45) is 5.92 Å². The third-order valence-corrected chi connectivity index (χ3v) is 3.63. The van der Waals surface area contributed by atoms with E-state index in [9.17, 15) is 33.1 Å². The molecule has 0 saturated heterocycles. The average molecular weight is 401 g/mol. The Balaban J connectivity index is 2.98. The number of carboxylic acid groups (broad SMARTS) is 1. The van der Waals surface area contributed by atoms with Gasteiger partial charge in [-0.1, -0.05) is 6.07 Å². The van der Waals surface area contributed by atoms with Crippen LogP contribution in [0.15, 0.2) is 18.2 Å². The standard InChI is InChI=1S/C18H21F2NO7/c1-3-27-15(23)9-12(18(26)28-4-2)16(17(24)25)21-14(22)7-10-5-6-11(19)8-13(10)20/h5-6,8,12,16H,3-4,7,9H2,1-2H3,(H,21,22)(H,24,25)/t12-,16+/m1/s1. The first-order valence-corrected chi connectivity index (χ1v) is 8.47. The molecule has 0 aliphatic carbocycles. The van der Waals surface area contributed by atoms with Gasteiger partial charge in [-0.15, -0.1) is 0 Å². The molecule has 0 aliphatic rings. The highest BCUT2D eigenvalue weighted by Crippen LogP contribution is 2.15. The van der Waals surface area contributed by atoms with Gasteiger partial charge in [0.25, 0.3) is 0 Å². The van der Waals surface area contributed by atoms with Crippen molar-refractivity contribution < 1.29 is 42.5 Å². The van der Waals surface area contributed by atoms with Gasteiger partial charge in [-0.2, -0.15) is 0 Å². The zero-order valence-electron chi connectivity index (χ0n) is 15.4. The second-order valence-corrected chi connectivity index (χ2v) is 5.66. The van der Waals surface area contributed by atoms with Crippen molar-refractivity contribution in [3.05, 3.63) is 35.4 Å². The molecule has 0 aliphatic heterocycles. The maximum Gasteiger partial charge on any atom is 0.327 e. The van der Waals surface area contributed by atoms with Crippen LogP contribution in [0.2, 0.25) is 0 Å². The Hall–Kier alpha value is -3.04. The molecule has 0 unspecified atom stereocenters. The number of ether oxygens (including phenoxy) is 2. The highest BCUT2D eigenvalue weighted by molar-refractivity contribution is 5.91. The van der Waals surface area contributed by atoms with E-state index in [-0.39, 0.29) is 18.8 Å². The number of aliphatic carboxylic acids is 1. The molecule has 1 amide bonds. The molecule has 0 heterocycles. The molecular weight excluding hydrogens is 380 g/mol. The van der Waals surface area contributed by atoms with Crippen LogP contribution in [0.1, 0.15) is 25.8 Å². The van der Waals surface area contributed by atoms with Gasteiger partial charge in [0.05, 0.1) is 32.0 Å². The SMILES string of the molecule is CCOC(=O)C[C@@H](C(=O)OCC)[C@H](NC(=O)Cc1ccc(F)cc1F)C(=O)O. The molecule has 0 bridgehead atoms. The number of carbonyl (C=O) groups excluding carboxylic acids is 3. The lowest BCUT2D eigenvalue weighted by Crippen LogP contribution is -2.50. The van der Waals surface area contributed by atoms with Crippen LogP contribution >= 0.6 is 0 Å². The number of rotatable bonds is 10. The van der Waals surface area contributed by atoms with Crippen molar-refractivity contribution in [1.82, 2.24) is 5.32 Å². The number of halogens is 2. The lowest BCUT2D eigenvalue weighted by molar-refractivity contribution is -0.160. The Morgan fingerprint density at radius 3 is 2.29 bits per heavy atom. The van der Waals surface area contributed by atoms with Gasteiger partial charge < -0.3 is 19.9 Å². The second-order valence-electron chi connectivity index (χ2n) is 5.66. The molecule has 1 aromatic carbocycles. The quantitative estimate of drug-likeness (QED) is 0.566. The lowest BCUT2D eigenvalue weighted by atomic mass is 9.95. The minimum atomic E-state index is -1.81. The number of nitrogens with one attached hydrogen (secondary N) is 1. The zero-order chi connectivity index (χ0) is 21.3. The highest BCUT2D eigenvalue weighted by atomic mass is 19.1. The smallest absolute Gasteiger partial charge is 0.327 e. The lowest BCUT2D eigenvalue weighted by Gasteiger charge is -2.23. The van der Waals surface area contributed by atoms with Crippen LogP contribution in [0.4, 0.5) is 8.78 Å². The van der Waals surface area contributed by atoms with Crippen LogP contribution in [0.5, 0.6) is 0 Å². The number of carbonyl (C=O) groups is 4. The van der Waals surface area contributed by atoms with Crippen molar-refractivity contribution in [2.45, 2.75) is 32.7 Å². The van der Waals surface area contributed by atoms with Gasteiger partial charge in [0.1, 0.15) is 17.7 Å². The number of hydrogen-bond acceptors (Lipinski definition) is 6. The number of esters is 2. The fraction of sp³-hybridized carbons (Fsp3) is 0.444. The first kappa shape index (κ1) is 23.0. The molecule has 0 spiro atoms. The van der Waals surface area contributed by atoms with Crippen molar-refractivity contribution in [1.29, 1.82) is 0 Å². The van der Waals surface area contributed by atoms with E-state index in [1.165, 1.54) is 13.8 Å². The summed E-state index contributed by atoms with van der Waals surface area (Å²) in [6.07, 6.45) is -1.22. The Kier molecular flexibility index (Phi) is 9.00. The summed E-state index contributed by atoms with van der Waals surface area (Å²) in [5.41, 5.74) is -0.166. The van der Waals surface area contributed by atoms with Gasteiger partial charge in [-0.25, -0.2) is 13.6 Å². The van der Waals surface area contributed by atoms with Gasteiger partial charge in [0, 0.05) is 6.07 Å².